The normalized spacial score (nSPS) is 11.9. The predicted molar refractivity (Wildman–Crippen MR) is 113 cm³/mol. The van der Waals surface area contributed by atoms with Gasteiger partial charge in [-0.15, -0.1) is 5.10 Å². The molecule has 0 amide bonds. The van der Waals surface area contributed by atoms with Gasteiger partial charge >= 0.3 is 0 Å². The summed E-state index contributed by atoms with van der Waals surface area (Å²) in [6.45, 7) is 6.31. The molecule has 0 unspecified atom stereocenters. The number of oxazole rings is 1. The minimum Gasteiger partial charge on any atom is -0.443 e. The van der Waals surface area contributed by atoms with Crippen LogP contribution in [-0.4, -0.2) is 36.7 Å². The topological polar surface area (TPSA) is 105 Å². The van der Waals surface area contributed by atoms with Gasteiger partial charge in [-0.3, -0.25) is 0 Å². The summed E-state index contributed by atoms with van der Waals surface area (Å²) >= 11 is 0. The van der Waals surface area contributed by atoms with Gasteiger partial charge in [-0.05, 0) is 31.9 Å². The lowest BCUT2D eigenvalue weighted by molar-refractivity contribution is 0.0786. The van der Waals surface area contributed by atoms with Gasteiger partial charge in [0.2, 0.25) is 5.89 Å². The summed E-state index contributed by atoms with van der Waals surface area (Å²) in [4.78, 5) is 13.0. The maximum atomic E-state index is 14.1. The van der Waals surface area contributed by atoms with Crippen LogP contribution in [0.1, 0.15) is 36.4 Å². The van der Waals surface area contributed by atoms with Crippen molar-refractivity contribution in [3.05, 3.63) is 59.2 Å². The first kappa shape index (κ1) is 20.9. The highest BCUT2D eigenvalue weighted by atomic mass is 19.2. The van der Waals surface area contributed by atoms with E-state index < -0.39 is 5.60 Å². The van der Waals surface area contributed by atoms with Crippen LogP contribution in [0.2, 0.25) is 0 Å². The summed E-state index contributed by atoms with van der Waals surface area (Å²) in [6, 6.07) is 7.74. The summed E-state index contributed by atoms with van der Waals surface area (Å²) in [5, 5.41) is 18.1. The zero-order valence-corrected chi connectivity index (χ0v) is 17.8. The number of hydrogen-bond acceptors (Lipinski definition) is 8. The van der Waals surface area contributed by atoms with Gasteiger partial charge in [-0.1, -0.05) is 28.7 Å². The molecule has 1 aromatic carbocycles. The fraction of sp³-hybridized carbons (Fsp3) is 0.333. The number of benzene rings is 1. The molecule has 10 heteroatoms. The molecule has 0 aliphatic carbocycles. The molecule has 0 aliphatic heterocycles. The van der Waals surface area contributed by atoms with E-state index in [1.165, 1.54) is 24.0 Å². The summed E-state index contributed by atoms with van der Waals surface area (Å²) in [7, 11) is 1.24. The second-order valence-corrected chi connectivity index (χ2v) is 7.82. The van der Waals surface area contributed by atoms with Crippen LogP contribution in [0.15, 0.2) is 41.1 Å². The highest BCUT2D eigenvalue weighted by Gasteiger charge is 2.21. The summed E-state index contributed by atoms with van der Waals surface area (Å²) in [5.41, 5.74) is 2.62. The minimum atomic E-state index is -0.871. The Morgan fingerprint density at radius 3 is 2.55 bits per heavy atom. The number of fused-ring (bicyclic) bond motifs is 1. The third kappa shape index (κ3) is 4.25. The third-order valence-corrected chi connectivity index (χ3v) is 4.93. The van der Waals surface area contributed by atoms with Crippen LogP contribution < -0.4 is 10.4 Å². The molecule has 4 rings (SSSR count). The van der Waals surface area contributed by atoms with E-state index in [4.69, 9.17) is 4.42 Å². The van der Waals surface area contributed by atoms with Gasteiger partial charge in [-0.25, -0.2) is 15.0 Å². The number of halogens is 1. The standard InChI is InChI=1S/C21H24FN7O2/c1-13-17(19-24-9-10-31-19)26-20(28(4)22)29-18(13)25-16(27-29)12-23-11-14-5-7-15(8-6-14)21(2,3)30/h5-10,23,30H,11-12H2,1-4H3. The van der Waals surface area contributed by atoms with Crippen molar-refractivity contribution in [2.24, 2.45) is 0 Å². The van der Waals surface area contributed by atoms with Crippen molar-refractivity contribution in [2.45, 2.75) is 39.5 Å². The average molecular weight is 425 g/mol. The van der Waals surface area contributed by atoms with Gasteiger partial charge in [-0.2, -0.15) is 9.64 Å². The zero-order valence-electron chi connectivity index (χ0n) is 17.8. The third-order valence-electron chi connectivity index (χ3n) is 4.93. The van der Waals surface area contributed by atoms with Crippen molar-refractivity contribution in [3.8, 4) is 11.6 Å². The highest BCUT2D eigenvalue weighted by molar-refractivity contribution is 5.66. The van der Waals surface area contributed by atoms with Gasteiger partial charge in [0.15, 0.2) is 11.5 Å². The Hall–Kier alpha value is -3.37. The molecular weight excluding hydrogens is 401 g/mol. The number of hydrogen-bond donors (Lipinski definition) is 2. The van der Waals surface area contributed by atoms with E-state index in [2.05, 4.69) is 25.4 Å². The number of anilines is 1. The second kappa shape index (κ2) is 8.05. The predicted octanol–water partition coefficient (Wildman–Crippen LogP) is 2.93. The molecule has 2 N–H and O–H groups in total. The van der Waals surface area contributed by atoms with E-state index in [1.807, 2.05) is 31.2 Å². The molecule has 0 aliphatic rings. The molecule has 0 atom stereocenters. The first-order valence-corrected chi connectivity index (χ1v) is 9.82. The molecule has 3 aromatic heterocycles. The van der Waals surface area contributed by atoms with Gasteiger partial charge in [0.25, 0.3) is 5.95 Å². The van der Waals surface area contributed by atoms with Crippen LogP contribution in [-0.2, 0) is 18.7 Å². The van der Waals surface area contributed by atoms with E-state index >= 15 is 0 Å². The molecule has 0 bridgehead atoms. The zero-order chi connectivity index (χ0) is 22.2. The number of aliphatic hydroxyl groups is 1. The van der Waals surface area contributed by atoms with E-state index in [-0.39, 0.29) is 5.95 Å². The quantitative estimate of drug-likeness (QED) is 0.436. The monoisotopic (exact) mass is 425 g/mol. The average Bonchev–Trinajstić information content (AvgIpc) is 3.38. The molecule has 0 fully saturated rings. The maximum Gasteiger partial charge on any atom is 0.257 e. The smallest absolute Gasteiger partial charge is 0.257 e. The Morgan fingerprint density at radius 1 is 1.19 bits per heavy atom. The van der Waals surface area contributed by atoms with E-state index in [9.17, 15) is 9.59 Å². The lowest BCUT2D eigenvalue weighted by atomic mass is 9.97. The van der Waals surface area contributed by atoms with Crippen molar-refractivity contribution in [3.63, 3.8) is 0 Å². The largest absolute Gasteiger partial charge is 0.443 e. The molecule has 3 heterocycles. The van der Waals surface area contributed by atoms with Gasteiger partial charge in [0.1, 0.15) is 12.0 Å². The van der Waals surface area contributed by atoms with Gasteiger partial charge in [0.05, 0.1) is 18.3 Å². The van der Waals surface area contributed by atoms with Gasteiger partial charge < -0.3 is 14.8 Å². The second-order valence-electron chi connectivity index (χ2n) is 7.82. The maximum absolute atomic E-state index is 14.1. The number of aryl methyl sites for hydroxylation is 1. The first-order valence-electron chi connectivity index (χ1n) is 9.82. The van der Waals surface area contributed by atoms with Crippen LogP contribution in [0.25, 0.3) is 17.2 Å². The molecule has 162 valence electrons. The Balaban J connectivity index is 1.55. The molecule has 31 heavy (non-hydrogen) atoms. The first-order chi connectivity index (χ1) is 14.7. The van der Waals surface area contributed by atoms with E-state index in [0.29, 0.717) is 46.8 Å². The van der Waals surface area contributed by atoms with Gasteiger partial charge in [0, 0.05) is 19.2 Å². The van der Waals surface area contributed by atoms with Crippen molar-refractivity contribution >= 4 is 11.6 Å². The van der Waals surface area contributed by atoms with Crippen molar-refractivity contribution < 1.29 is 14.0 Å². The molecule has 9 nitrogen and oxygen atoms in total. The fourth-order valence-electron chi connectivity index (χ4n) is 3.25. The molecule has 0 saturated heterocycles. The van der Waals surface area contributed by atoms with Crippen molar-refractivity contribution in [2.75, 3.05) is 12.2 Å². The lowest BCUT2D eigenvalue weighted by Gasteiger charge is -2.17. The molecule has 0 radical (unpaired) electrons. The van der Waals surface area contributed by atoms with Crippen LogP contribution in [0.3, 0.4) is 0 Å². The lowest BCUT2D eigenvalue weighted by Crippen LogP contribution is -2.16. The van der Waals surface area contributed by atoms with Crippen LogP contribution >= 0.6 is 0 Å². The summed E-state index contributed by atoms with van der Waals surface area (Å²) in [6.07, 6.45) is 2.94. The van der Waals surface area contributed by atoms with Crippen LogP contribution in [0.5, 0.6) is 0 Å². The van der Waals surface area contributed by atoms with Crippen molar-refractivity contribution in [1.29, 1.82) is 0 Å². The Labute approximate surface area is 178 Å². The van der Waals surface area contributed by atoms with Crippen LogP contribution in [0.4, 0.5) is 10.4 Å². The summed E-state index contributed by atoms with van der Waals surface area (Å²) in [5.74, 6) is 0.778. The SMILES string of the molecule is Cc1c(-c2ncco2)nc(N(C)F)n2nc(CNCc3ccc(C(C)(C)O)cc3)nc12. The Kier molecular flexibility index (Phi) is 5.42. The minimum absolute atomic E-state index is 0.0187. The number of aromatic nitrogens is 5. The number of rotatable bonds is 7. The Bertz CT molecular complexity index is 1180. The molecule has 0 spiro atoms. The fourth-order valence-corrected chi connectivity index (χ4v) is 3.25. The van der Waals surface area contributed by atoms with Crippen molar-refractivity contribution in [1.82, 2.24) is 29.9 Å². The Morgan fingerprint density at radius 2 is 1.94 bits per heavy atom. The summed E-state index contributed by atoms with van der Waals surface area (Å²) < 4.78 is 20.8. The number of nitrogens with one attached hydrogen (secondary N) is 1. The molecular formula is C21H24FN7O2. The highest BCUT2D eigenvalue weighted by Crippen LogP contribution is 2.26. The van der Waals surface area contributed by atoms with E-state index in [0.717, 1.165) is 11.1 Å². The number of nitrogens with zero attached hydrogens (tertiary/aromatic N) is 6. The molecule has 0 saturated carbocycles. The van der Waals surface area contributed by atoms with Crippen LogP contribution in [0, 0.1) is 6.92 Å². The molecule has 4 aromatic rings. The van der Waals surface area contributed by atoms with E-state index in [1.54, 1.807) is 13.8 Å².